The van der Waals surface area contributed by atoms with E-state index in [1.54, 1.807) is 25.1 Å². The normalized spacial score (nSPS) is 13.1. The SMILES string of the molecule is Cc1oc(CNC(=O)c2ccc3c(c2)NC(=O)CS3)cc1C(=O)O. The summed E-state index contributed by atoms with van der Waals surface area (Å²) < 4.78 is 5.31. The number of nitrogens with one attached hydrogen (secondary N) is 2. The molecule has 1 aromatic carbocycles. The van der Waals surface area contributed by atoms with E-state index in [-0.39, 0.29) is 23.9 Å². The molecule has 0 atom stereocenters. The zero-order chi connectivity index (χ0) is 17.3. The van der Waals surface area contributed by atoms with Crippen LogP contribution in [0.3, 0.4) is 0 Å². The molecule has 2 amide bonds. The molecule has 0 unspecified atom stereocenters. The Balaban J connectivity index is 1.69. The number of benzene rings is 1. The zero-order valence-corrected chi connectivity index (χ0v) is 13.5. The van der Waals surface area contributed by atoms with Gasteiger partial charge in [0.05, 0.1) is 18.0 Å². The van der Waals surface area contributed by atoms with Gasteiger partial charge in [0, 0.05) is 10.5 Å². The van der Waals surface area contributed by atoms with Gasteiger partial charge in [0.2, 0.25) is 5.91 Å². The topological polar surface area (TPSA) is 109 Å². The van der Waals surface area contributed by atoms with Crippen molar-refractivity contribution in [2.75, 3.05) is 11.1 Å². The summed E-state index contributed by atoms with van der Waals surface area (Å²) in [5.41, 5.74) is 1.09. The first-order valence-corrected chi connectivity index (χ1v) is 8.10. The van der Waals surface area contributed by atoms with Gasteiger partial charge in [-0.1, -0.05) is 0 Å². The average molecular weight is 346 g/mol. The molecule has 2 heterocycles. The van der Waals surface area contributed by atoms with E-state index in [4.69, 9.17) is 9.52 Å². The highest BCUT2D eigenvalue weighted by atomic mass is 32.2. The minimum Gasteiger partial charge on any atom is -0.478 e. The molecule has 1 aromatic heterocycles. The summed E-state index contributed by atoms with van der Waals surface area (Å²) in [6.45, 7) is 1.63. The van der Waals surface area contributed by atoms with Gasteiger partial charge in [-0.25, -0.2) is 4.79 Å². The van der Waals surface area contributed by atoms with Crippen molar-refractivity contribution in [3.05, 3.63) is 46.9 Å². The zero-order valence-electron chi connectivity index (χ0n) is 12.7. The number of thioether (sulfide) groups is 1. The second-order valence-electron chi connectivity index (χ2n) is 5.22. The van der Waals surface area contributed by atoms with Crippen LogP contribution in [0.15, 0.2) is 33.6 Å². The Hall–Kier alpha value is -2.74. The number of fused-ring (bicyclic) bond motifs is 1. The summed E-state index contributed by atoms with van der Waals surface area (Å²) in [7, 11) is 0. The molecule has 2 aromatic rings. The Morgan fingerprint density at radius 3 is 2.88 bits per heavy atom. The third-order valence-corrected chi connectivity index (χ3v) is 4.57. The lowest BCUT2D eigenvalue weighted by Crippen LogP contribution is -2.24. The molecule has 3 N–H and O–H groups in total. The molecule has 0 saturated heterocycles. The number of amides is 2. The molecule has 1 aliphatic rings. The summed E-state index contributed by atoms with van der Waals surface area (Å²) in [5.74, 6) is -0.495. The number of carbonyl (C=O) groups is 3. The van der Waals surface area contributed by atoms with Gasteiger partial charge in [-0.05, 0) is 31.2 Å². The van der Waals surface area contributed by atoms with E-state index < -0.39 is 5.97 Å². The van der Waals surface area contributed by atoms with Crippen LogP contribution in [-0.4, -0.2) is 28.6 Å². The van der Waals surface area contributed by atoms with Crippen LogP contribution in [0.25, 0.3) is 0 Å². The number of aromatic carboxylic acids is 1. The maximum Gasteiger partial charge on any atom is 0.339 e. The van der Waals surface area contributed by atoms with E-state index in [0.717, 1.165) is 4.90 Å². The summed E-state index contributed by atoms with van der Waals surface area (Å²) >= 11 is 1.42. The van der Waals surface area contributed by atoms with Gasteiger partial charge < -0.3 is 20.2 Å². The van der Waals surface area contributed by atoms with Gasteiger partial charge in [0.25, 0.3) is 5.91 Å². The van der Waals surface area contributed by atoms with Crippen LogP contribution in [0.2, 0.25) is 0 Å². The van der Waals surface area contributed by atoms with Crippen LogP contribution in [-0.2, 0) is 11.3 Å². The summed E-state index contributed by atoms with van der Waals surface area (Å²) in [6.07, 6.45) is 0. The molecule has 0 radical (unpaired) electrons. The van der Waals surface area contributed by atoms with Gasteiger partial charge >= 0.3 is 5.97 Å². The van der Waals surface area contributed by atoms with E-state index in [0.29, 0.717) is 28.5 Å². The van der Waals surface area contributed by atoms with Crippen molar-refractivity contribution >= 4 is 35.2 Å². The van der Waals surface area contributed by atoms with Crippen LogP contribution in [0.5, 0.6) is 0 Å². The van der Waals surface area contributed by atoms with E-state index in [9.17, 15) is 14.4 Å². The van der Waals surface area contributed by atoms with Crippen molar-refractivity contribution < 1.29 is 23.9 Å². The highest BCUT2D eigenvalue weighted by Gasteiger charge is 2.18. The van der Waals surface area contributed by atoms with Crippen molar-refractivity contribution in [2.45, 2.75) is 18.4 Å². The lowest BCUT2D eigenvalue weighted by molar-refractivity contribution is -0.113. The van der Waals surface area contributed by atoms with E-state index in [1.165, 1.54) is 17.8 Å². The molecule has 0 saturated carbocycles. The molecule has 24 heavy (non-hydrogen) atoms. The Morgan fingerprint density at radius 2 is 2.17 bits per heavy atom. The summed E-state index contributed by atoms with van der Waals surface area (Å²) in [5, 5.41) is 14.4. The number of hydrogen-bond donors (Lipinski definition) is 3. The van der Waals surface area contributed by atoms with Gasteiger partial charge in [-0.2, -0.15) is 0 Å². The predicted molar refractivity (Wildman–Crippen MR) is 87.4 cm³/mol. The fraction of sp³-hybridized carbons (Fsp3) is 0.188. The molecule has 1 aliphatic heterocycles. The number of rotatable bonds is 4. The number of furan rings is 1. The second-order valence-corrected chi connectivity index (χ2v) is 6.24. The van der Waals surface area contributed by atoms with Crippen molar-refractivity contribution in [1.29, 1.82) is 0 Å². The van der Waals surface area contributed by atoms with Crippen LogP contribution in [0.4, 0.5) is 5.69 Å². The highest BCUT2D eigenvalue weighted by Crippen LogP contribution is 2.31. The Labute approximate surface area is 141 Å². The second kappa shape index (κ2) is 6.40. The van der Waals surface area contributed by atoms with Crippen LogP contribution in [0.1, 0.15) is 32.2 Å². The fourth-order valence-corrected chi connectivity index (χ4v) is 3.13. The molecule has 7 nitrogen and oxygen atoms in total. The number of carboxylic acids is 1. The number of aryl methyl sites for hydroxylation is 1. The largest absolute Gasteiger partial charge is 0.478 e. The third-order valence-electron chi connectivity index (χ3n) is 3.50. The molecule has 0 bridgehead atoms. The van der Waals surface area contributed by atoms with E-state index >= 15 is 0 Å². The number of carbonyl (C=O) groups excluding carboxylic acids is 2. The minimum absolute atomic E-state index is 0.0746. The number of hydrogen-bond acceptors (Lipinski definition) is 5. The third kappa shape index (κ3) is 3.28. The molecule has 124 valence electrons. The maximum atomic E-state index is 12.2. The van der Waals surface area contributed by atoms with Crippen LogP contribution >= 0.6 is 11.8 Å². The first-order valence-electron chi connectivity index (χ1n) is 7.11. The number of anilines is 1. The van der Waals surface area contributed by atoms with Crippen molar-refractivity contribution in [2.24, 2.45) is 0 Å². The van der Waals surface area contributed by atoms with E-state index in [1.807, 2.05) is 0 Å². The smallest absolute Gasteiger partial charge is 0.339 e. The quantitative estimate of drug-likeness (QED) is 0.783. The minimum atomic E-state index is -1.07. The summed E-state index contributed by atoms with van der Waals surface area (Å²) in [4.78, 5) is 35.5. The van der Waals surface area contributed by atoms with Crippen molar-refractivity contribution in [1.82, 2.24) is 5.32 Å². The average Bonchev–Trinajstić information content (AvgIpc) is 2.93. The molecule has 0 aliphatic carbocycles. The van der Waals surface area contributed by atoms with Gasteiger partial charge in [-0.3, -0.25) is 9.59 Å². The Morgan fingerprint density at radius 1 is 1.38 bits per heavy atom. The van der Waals surface area contributed by atoms with Gasteiger partial charge in [0.1, 0.15) is 17.1 Å². The maximum absolute atomic E-state index is 12.2. The van der Waals surface area contributed by atoms with Gasteiger partial charge in [-0.15, -0.1) is 11.8 Å². The van der Waals surface area contributed by atoms with E-state index in [2.05, 4.69) is 10.6 Å². The standard InChI is InChI=1S/C16H14N2O5S/c1-8-11(16(21)22)5-10(23-8)6-17-15(20)9-2-3-13-12(4-9)18-14(19)7-24-13/h2-5H,6-7H2,1H3,(H,17,20)(H,18,19)(H,21,22). The van der Waals surface area contributed by atoms with Crippen molar-refractivity contribution in [3.8, 4) is 0 Å². The summed E-state index contributed by atoms with van der Waals surface area (Å²) in [6, 6.07) is 6.47. The van der Waals surface area contributed by atoms with Crippen molar-refractivity contribution in [3.63, 3.8) is 0 Å². The Kier molecular flexibility index (Phi) is 4.30. The predicted octanol–water partition coefficient (Wildman–Crippen LogP) is 2.26. The van der Waals surface area contributed by atoms with Gasteiger partial charge in [0.15, 0.2) is 0 Å². The van der Waals surface area contributed by atoms with Crippen LogP contribution in [0, 0.1) is 6.92 Å². The molecule has 0 fully saturated rings. The molecule has 0 spiro atoms. The lowest BCUT2D eigenvalue weighted by atomic mass is 10.2. The molecule has 8 heteroatoms. The Bertz CT molecular complexity index is 843. The molecule has 3 rings (SSSR count). The number of carboxylic acid groups (broad SMARTS) is 1. The first kappa shape index (κ1) is 16.1. The monoisotopic (exact) mass is 346 g/mol. The molecular formula is C16H14N2O5S. The first-order chi connectivity index (χ1) is 11.4. The molecular weight excluding hydrogens is 332 g/mol. The lowest BCUT2D eigenvalue weighted by Gasteiger charge is -2.16. The fourth-order valence-electron chi connectivity index (χ4n) is 2.34. The highest BCUT2D eigenvalue weighted by molar-refractivity contribution is 8.00. The van der Waals surface area contributed by atoms with Crippen LogP contribution < -0.4 is 10.6 Å².